The van der Waals surface area contributed by atoms with E-state index in [0.717, 1.165) is 17.5 Å². The fourth-order valence-electron chi connectivity index (χ4n) is 1.99. The van der Waals surface area contributed by atoms with Crippen molar-refractivity contribution in [2.75, 3.05) is 0 Å². The lowest BCUT2D eigenvalue weighted by atomic mass is 9.88. The molecule has 0 spiro atoms. The van der Waals surface area contributed by atoms with Gasteiger partial charge in [-0.2, -0.15) is 0 Å². The van der Waals surface area contributed by atoms with Gasteiger partial charge in [0.2, 0.25) is 0 Å². The summed E-state index contributed by atoms with van der Waals surface area (Å²) in [5, 5.41) is 9.96. The Bertz CT molecular complexity index is 463. The summed E-state index contributed by atoms with van der Waals surface area (Å²) in [5.74, 6) is 0.614. The standard InChI is InChI=1S/C14H19NO2/c1-14(2,3)9-10(16)8-13-15-11-6-4-5-7-12(11)17-13/h4-7,10,16H,8-9H2,1-3H3. The summed E-state index contributed by atoms with van der Waals surface area (Å²) in [4.78, 5) is 4.36. The lowest BCUT2D eigenvalue weighted by molar-refractivity contribution is 0.115. The van der Waals surface area contributed by atoms with E-state index in [2.05, 4.69) is 25.8 Å². The largest absolute Gasteiger partial charge is 0.441 e. The van der Waals surface area contributed by atoms with Crippen LogP contribution in [-0.4, -0.2) is 16.2 Å². The third-order valence-electron chi connectivity index (χ3n) is 2.60. The number of aromatic nitrogens is 1. The van der Waals surface area contributed by atoms with Gasteiger partial charge in [-0.3, -0.25) is 0 Å². The first-order valence-electron chi connectivity index (χ1n) is 5.96. The summed E-state index contributed by atoms with van der Waals surface area (Å²) in [6.45, 7) is 6.34. The highest BCUT2D eigenvalue weighted by atomic mass is 16.4. The maximum absolute atomic E-state index is 9.96. The highest BCUT2D eigenvalue weighted by molar-refractivity contribution is 5.72. The van der Waals surface area contributed by atoms with Crippen LogP contribution in [-0.2, 0) is 6.42 Å². The Morgan fingerprint density at radius 1 is 1.29 bits per heavy atom. The average molecular weight is 233 g/mol. The van der Waals surface area contributed by atoms with Crippen LogP contribution in [0, 0.1) is 5.41 Å². The molecule has 17 heavy (non-hydrogen) atoms. The minimum atomic E-state index is -0.400. The normalized spacial score (nSPS) is 14.1. The Hall–Kier alpha value is -1.35. The van der Waals surface area contributed by atoms with Gasteiger partial charge in [0.15, 0.2) is 11.5 Å². The van der Waals surface area contributed by atoms with E-state index in [1.54, 1.807) is 0 Å². The molecule has 3 nitrogen and oxygen atoms in total. The van der Waals surface area contributed by atoms with Gasteiger partial charge >= 0.3 is 0 Å². The molecule has 0 bridgehead atoms. The molecule has 1 aromatic heterocycles. The number of hydrogen-bond acceptors (Lipinski definition) is 3. The number of oxazole rings is 1. The summed E-state index contributed by atoms with van der Waals surface area (Å²) in [6, 6.07) is 7.66. The monoisotopic (exact) mass is 233 g/mol. The Morgan fingerprint density at radius 2 is 2.00 bits per heavy atom. The molecule has 3 heteroatoms. The van der Waals surface area contributed by atoms with Crippen LogP contribution in [0.2, 0.25) is 0 Å². The van der Waals surface area contributed by atoms with Gasteiger partial charge < -0.3 is 9.52 Å². The topological polar surface area (TPSA) is 46.3 Å². The molecule has 2 rings (SSSR count). The van der Waals surface area contributed by atoms with Crippen molar-refractivity contribution in [1.29, 1.82) is 0 Å². The zero-order chi connectivity index (χ0) is 12.5. The third-order valence-corrected chi connectivity index (χ3v) is 2.60. The summed E-state index contributed by atoms with van der Waals surface area (Å²) in [6.07, 6.45) is 0.820. The zero-order valence-electron chi connectivity index (χ0n) is 10.6. The first-order chi connectivity index (χ1) is 7.94. The number of para-hydroxylation sites is 2. The number of aliphatic hydroxyl groups is 1. The molecule has 1 N–H and O–H groups in total. The van der Waals surface area contributed by atoms with E-state index in [0.29, 0.717) is 12.3 Å². The van der Waals surface area contributed by atoms with Gasteiger partial charge in [-0.25, -0.2) is 4.98 Å². The van der Waals surface area contributed by atoms with Gasteiger partial charge in [0.1, 0.15) is 5.52 Å². The summed E-state index contributed by atoms with van der Waals surface area (Å²) in [5.41, 5.74) is 1.75. The Labute approximate surface area is 101 Å². The second kappa shape index (κ2) is 4.49. The smallest absolute Gasteiger partial charge is 0.198 e. The van der Waals surface area contributed by atoms with E-state index >= 15 is 0 Å². The van der Waals surface area contributed by atoms with Gasteiger partial charge in [0.05, 0.1) is 12.5 Å². The molecule has 1 aromatic carbocycles. The molecule has 0 fully saturated rings. The van der Waals surface area contributed by atoms with Crippen LogP contribution in [0.15, 0.2) is 28.7 Å². The number of hydrogen-bond donors (Lipinski definition) is 1. The fraction of sp³-hybridized carbons (Fsp3) is 0.500. The molecule has 0 saturated heterocycles. The van der Waals surface area contributed by atoms with Crippen molar-refractivity contribution in [2.24, 2.45) is 5.41 Å². The van der Waals surface area contributed by atoms with E-state index in [-0.39, 0.29) is 5.41 Å². The van der Waals surface area contributed by atoms with Crippen LogP contribution in [0.4, 0.5) is 0 Å². The van der Waals surface area contributed by atoms with Crippen LogP contribution in [0.1, 0.15) is 33.1 Å². The second-order valence-corrected chi connectivity index (χ2v) is 5.70. The number of benzene rings is 1. The third kappa shape index (κ3) is 3.30. The molecule has 92 valence electrons. The molecule has 0 radical (unpaired) electrons. The molecule has 1 atom stereocenters. The lowest BCUT2D eigenvalue weighted by Gasteiger charge is -2.21. The summed E-state index contributed by atoms with van der Waals surface area (Å²) < 4.78 is 5.58. The van der Waals surface area contributed by atoms with Crippen molar-refractivity contribution in [2.45, 2.75) is 39.7 Å². The number of rotatable bonds is 3. The SMILES string of the molecule is CC(C)(C)CC(O)Cc1nc2ccccc2o1. The van der Waals surface area contributed by atoms with Gasteiger partial charge in [0.25, 0.3) is 0 Å². The van der Waals surface area contributed by atoms with E-state index in [1.165, 1.54) is 0 Å². The van der Waals surface area contributed by atoms with Crippen LogP contribution in [0.3, 0.4) is 0 Å². The first kappa shape index (κ1) is 12.1. The molecular formula is C14H19NO2. The first-order valence-corrected chi connectivity index (χ1v) is 5.96. The van der Waals surface area contributed by atoms with Crippen molar-refractivity contribution >= 4 is 11.1 Å². The fourth-order valence-corrected chi connectivity index (χ4v) is 1.99. The molecule has 1 unspecified atom stereocenters. The Morgan fingerprint density at radius 3 is 2.65 bits per heavy atom. The van der Waals surface area contributed by atoms with Gasteiger partial charge in [-0.1, -0.05) is 32.9 Å². The molecule has 1 heterocycles. The highest BCUT2D eigenvalue weighted by Gasteiger charge is 2.19. The Kier molecular flexibility index (Phi) is 3.20. The Balaban J connectivity index is 2.08. The maximum atomic E-state index is 9.96. The van der Waals surface area contributed by atoms with Crippen molar-refractivity contribution in [1.82, 2.24) is 4.98 Å². The van der Waals surface area contributed by atoms with Crippen molar-refractivity contribution < 1.29 is 9.52 Å². The molecule has 0 aliphatic rings. The van der Waals surface area contributed by atoms with Gasteiger partial charge in [-0.05, 0) is 24.0 Å². The average Bonchev–Trinajstić information content (AvgIpc) is 2.55. The van der Waals surface area contributed by atoms with Crippen LogP contribution < -0.4 is 0 Å². The molecule has 0 amide bonds. The molecule has 0 saturated carbocycles. The quantitative estimate of drug-likeness (QED) is 0.885. The van der Waals surface area contributed by atoms with E-state index in [4.69, 9.17) is 4.42 Å². The zero-order valence-corrected chi connectivity index (χ0v) is 10.6. The van der Waals surface area contributed by atoms with Crippen LogP contribution in [0.5, 0.6) is 0 Å². The summed E-state index contributed by atoms with van der Waals surface area (Å²) in [7, 11) is 0. The molecular weight excluding hydrogens is 214 g/mol. The minimum Gasteiger partial charge on any atom is -0.441 e. The molecule has 0 aliphatic heterocycles. The van der Waals surface area contributed by atoms with Gasteiger partial charge in [-0.15, -0.1) is 0 Å². The van der Waals surface area contributed by atoms with Crippen molar-refractivity contribution in [3.63, 3.8) is 0 Å². The van der Waals surface area contributed by atoms with E-state index in [9.17, 15) is 5.11 Å². The highest BCUT2D eigenvalue weighted by Crippen LogP contribution is 2.23. The lowest BCUT2D eigenvalue weighted by Crippen LogP contribution is -2.19. The maximum Gasteiger partial charge on any atom is 0.198 e. The number of nitrogens with zero attached hydrogens (tertiary/aromatic N) is 1. The van der Waals surface area contributed by atoms with Crippen LogP contribution in [0.25, 0.3) is 11.1 Å². The van der Waals surface area contributed by atoms with E-state index in [1.807, 2.05) is 24.3 Å². The predicted octanol–water partition coefficient (Wildman–Crippen LogP) is 3.17. The van der Waals surface area contributed by atoms with E-state index < -0.39 is 6.10 Å². The van der Waals surface area contributed by atoms with Crippen molar-refractivity contribution in [3.8, 4) is 0 Å². The molecule has 0 aliphatic carbocycles. The molecule has 2 aromatic rings. The second-order valence-electron chi connectivity index (χ2n) is 5.70. The van der Waals surface area contributed by atoms with Gasteiger partial charge in [0, 0.05) is 0 Å². The minimum absolute atomic E-state index is 0.117. The predicted molar refractivity (Wildman–Crippen MR) is 67.8 cm³/mol. The van der Waals surface area contributed by atoms with Crippen molar-refractivity contribution in [3.05, 3.63) is 30.2 Å². The summed E-state index contributed by atoms with van der Waals surface area (Å²) >= 11 is 0. The number of fused-ring (bicyclic) bond motifs is 1. The number of aliphatic hydroxyl groups excluding tert-OH is 1. The van der Waals surface area contributed by atoms with Crippen LogP contribution >= 0.6 is 0 Å².